The van der Waals surface area contributed by atoms with Gasteiger partial charge >= 0.3 is 27.6 Å². The van der Waals surface area contributed by atoms with Crippen LogP contribution in [0.15, 0.2) is 24.3 Å². The van der Waals surface area contributed by atoms with Gasteiger partial charge in [-0.2, -0.15) is 21.6 Å². The van der Waals surface area contributed by atoms with Gasteiger partial charge in [-0.3, -0.25) is 9.59 Å². The molecule has 31 heavy (non-hydrogen) atoms. The first-order valence-corrected chi connectivity index (χ1v) is 10.8. The van der Waals surface area contributed by atoms with Crippen molar-refractivity contribution >= 4 is 22.1 Å². The van der Waals surface area contributed by atoms with E-state index in [1.165, 1.54) is 26.0 Å². The first-order chi connectivity index (χ1) is 14.3. The van der Waals surface area contributed by atoms with E-state index in [1.54, 1.807) is 6.92 Å². The Labute approximate surface area is 177 Å². The molecule has 1 saturated heterocycles. The highest BCUT2D eigenvalue weighted by molar-refractivity contribution is 7.88. The highest BCUT2D eigenvalue weighted by Crippen LogP contribution is 2.40. The number of carbonyl (C=O) groups excluding carboxylic acids is 2. The van der Waals surface area contributed by atoms with Gasteiger partial charge < -0.3 is 18.4 Å². The second kappa shape index (κ2) is 9.43. The summed E-state index contributed by atoms with van der Waals surface area (Å²) in [5.41, 5.74) is -5.20. The summed E-state index contributed by atoms with van der Waals surface area (Å²) in [5.74, 6) is -2.09. The van der Waals surface area contributed by atoms with Crippen LogP contribution >= 0.6 is 0 Å². The van der Waals surface area contributed by atoms with Crippen LogP contribution in [-0.4, -0.2) is 44.2 Å². The summed E-state index contributed by atoms with van der Waals surface area (Å²) in [4.78, 5) is 23.3. The Morgan fingerprint density at radius 3 is 2.00 bits per heavy atom. The normalized spacial score (nSPS) is 26.7. The number of ether oxygens (including phenoxy) is 3. The molecule has 1 fully saturated rings. The fourth-order valence-electron chi connectivity index (χ4n) is 3.38. The minimum atomic E-state index is -5.82. The zero-order valence-corrected chi connectivity index (χ0v) is 18.0. The smallest absolute Gasteiger partial charge is 0.458 e. The molecule has 0 aliphatic carbocycles. The van der Waals surface area contributed by atoms with E-state index in [9.17, 15) is 31.2 Å². The second-order valence-corrected chi connectivity index (χ2v) is 8.60. The van der Waals surface area contributed by atoms with E-state index in [4.69, 9.17) is 14.2 Å². The molecule has 0 amide bonds. The van der Waals surface area contributed by atoms with E-state index in [2.05, 4.69) is 4.18 Å². The summed E-state index contributed by atoms with van der Waals surface area (Å²) in [5, 5.41) is 0. The van der Waals surface area contributed by atoms with E-state index < -0.39 is 51.6 Å². The predicted octanol–water partition coefficient (Wildman–Crippen LogP) is 3.26. The van der Waals surface area contributed by atoms with Crippen molar-refractivity contribution in [3.05, 3.63) is 29.8 Å². The Morgan fingerprint density at radius 2 is 1.55 bits per heavy atom. The van der Waals surface area contributed by atoms with Gasteiger partial charge in [-0.25, -0.2) is 0 Å². The summed E-state index contributed by atoms with van der Waals surface area (Å²) in [6.45, 7) is 6.04. The van der Waals surface area contributed by atoms with Gasteiger partial charge in [-0.1, -0.05) is 26.0 Å². The third-order valence-electron chi connectivity index (χ3n) is 4.75. The second-order valence-electron chi connectivity index (χ2n) is 7.06. The molecule has 8 nitrogen and oxygen atoms in total. The first kappa shape index (κ1) is 24.9. The van der Waals surface area contributed by atoms with Crippen molar-refractivity contribution in [1.82, 2.24) is 0 Å². The van der Waals surface area contributed by atoms with Crippen LogP contribution in [0.3, 0.4) is 0 Å². The zero-order chi connectivity index (χ0) is 23.6. The molecule has 12 heteroatoms. The Hall–Kier alpha value is -2.34. The van der Waals surface area contributed by atoms with Gasteiger partial charge in [0.15, 0.2) is 6.10 Å². The van der Waals surface area contributed by atoms with Crippen molar-refractivity contribution in [2.45, 2.75) is 64.0 Å². The lowest BCUT2D eigenvalue weighted by Crippen LogP contribution is -2.52. The van der Waals surface area contributed by atoms with Gasteiger partial charge in [0, 0.05) is 19.8 Å². The Morgan fingerprint density at radius 1 is 1.03 bits per heavy atom. The van der Waals surface area contributed by atoms with Crippen molar-refractivity contribution < 1.29 is 49.6 Å². The molecule has 5 atom stereocenters. The van der Waals surface area contributed by atoms with E-state index >= 15 is 0 Å². The van der Waals surface area contributed by atoms with Crippen LogP contribution < -0.4 is 4.18 Å². The maximum atomic E-state index is 12.5. The maximum absolute atomic E-state index is 12.5. The average molecular weight is 468 g/mol. The predicted molar refractivity (Wildman–Crippen MR) is 100 cm³/mol. The van der Waals surface area contributed by atoms with Crippen LogP contribution in [0.2, 0.25) is 0 Å². The molecule has 174 valence electrons. The molecule has 1 aromatic carbocycles. The first-order valence-electron chi connectivity index (χ1n) is 9.37. The van der Waals surface area contributed by atoms with E-state index in [0.717, 1.165) is 12.1 Å². The summed E-state index contributed by atoms with van der Waals surface area (Å²) in [6, 6.07) is 4.62. The van der Waals surface area contributed by atoms with Crippen LogP contribution in [-0.2, 0) is 33.9 Å². The van der Waals surface area contributed by atoms with Crippen molar-refractivity contribution in [2.24, 2.45) is 5.92 Å². The van der Waals surface area contributed by atoms with Crippen LogP contribution in [0.1, 0.15) is 45.8 Å². The molecule has 0 bridgehead atoms. The number of hydrogen-bond acceptors (Lipinski definition) is 8. The summed E-state index contributed by atoms with van der Waals surface area (Å²) in [7, 11) is -5.82. The van der Waals surface area contributed by atoms with Crippen molar-refractivity contribution in [2.75, 3.05) is 0 Å². The topological polar surface area (TPSA) is 105 Å². The Kier molecular flexibility index (Phi) is 7.58. The van der Waals surface area contributed by atoms with Crippen LogP contribution in [0.25, 0.3) is 0 Å². The average Bonchev–Trinajstić information content (AvgIpc) is 2.64. The maximum Gasteiger partial charge on any atom is 0.534 e. The van der Waals surface area contributed by atoms with Crippen LogP contribution in [0.4, 0.5) is 13.2 Å². The number of rotatable bonds is 6. The number of halogens is 3. The minimum absolute atomic E-state index is 0.311. The standard InChI is InChI=1S/C19H23F3O8S/c1-5-15-10(2)16(27-11(3)23)18(28-12(4)24)17(29-15)13-6-8-14(9-7-13)30-31(25,26)19(20,21)22/h6-10,15-18H,5H2,1-4H3/t10-,15-,16+,17-,18+/m1/s1. The Bertz CT molecular complexity index is 898. The monoisotopic (exact) mass is 468 g/mol. The fraction of sp³-hybridized carbons (Fsp3) is 0.579. The van der Waals surface area contributed by atoms with Gasteiger partial charge in [-0.15, -0.1) is 0 Å². The lowest BCUT2D eigenvalue weighted by molar-refractivity contribution is -0.225. The third-order valence-corrected chi connectivity index (χ3v) is 5.73. The summed E-state index contributed by atoms with van der Waals surface area (Å²) in [6.07, 6.45) is -2.59. The number of carbonyl (C=O) groups is 2. The number of esters is 2. The van der Waals surface area contributed by atoms with Gasteiger partial charge in [-0.05, 0) is 24.1 Å². The molecule has 1 aliphatic heterocycles. The lowest BCUT2D eigenvalue weighted by Gasteiger charge is -2.44. The molecule has 0 saturated carbocycles. The molecular weight excluding hydrogens is 445 g/mol. The van der Waals surface area contributed by atoms with Crippen molar-refractivity contribution in [3.63, 3.8) is 0 Å². The lowest BCUT2D eigenvalue weighted by atomic mass is 9.84. The molecule has 0 spiro atoms. The largest absolute Gasteiger partial charge is 0.534 e. The quantitative estimate of drug-likeness (QED) is 0.356. The van der Waals surface area contributed by atoms with Crippen LogP contribution in [0, 0.1) is 5.92 Å². The third kappa shape index (κ3) is 5.88. The number of hydrogen-bond donors (Lipinski definition) is 0. The molecule has 0 unspecified atom stereocenters. The molecular formula is C19H23F3O8S. The van der Waals surface area contributed by atoms with Crippen LogP contribution in [0.5, 0.6) is 5.75 Å². The van der Waals surface area contributed by atoms with E-state index in [0.29, 0.717) is 12.0 Å². The molecule has 1 aliphatic rings. The Balaban J connectivity index is 2.38. The fourth-order valence-corrected chi connectivity index (χ4v) is 3.84. The summed E-state index contributed by atoms with van der Waals surface area (Å²) >= 11 is 0. The SMILES string of the molecule is CC[C@H]1O[C@H](c2ccc(OS(=O)(=O)C(F)(F)F)cc2)[C@@H](OC(C)=O)[C@@H](OC(C)=O)[C@@H]1C. The van der Waals surface area contributed by atoms with Gasteiger partial charge in [0.05, 0.1) is 6.10 Å². The minimum Gasteiger partial charge on any atom is -0.458 e. The highest BCUT2D eigenvalue weighted by atomic mass is 32.2. The highest BCUT2D eigenvalue weighted by Gasteiger charge is 2.49. The van der Waals surface area contributed by atoms with Crippen molar-refractivity contribution in [3.8, 4) is 5.75 Å². The van der Waals surface area contributed by atoms with E-state index in [-0.39, 0.29) is 12.0 Å². The summed E-state index contributed by atoms with van der Waals surface area (Å²) < 4.78 is 80.8. The molecule has 0 aromatic heterocycles. The zero-order valence-electron chi connectivity index (χ0n) is 17.2. The molecule has 1 aromatic rings. The van der Waals surface area contributed by atoms with Crippen molar-refractivity contribution in [1.29, 1.82) is 0 Å². The van der Waals surface area contributed by atoms with Gasteiger partial charge in [0.1, 0.15) is 18.0 Å². The molecule has 1 heterocycles. The van der Waals surface area contributed by atoms with Gasteiger partial charge in [0.2, 0.25) is 0 Å². The molecule has 2 rings (SSSR count). The number of benzene rings is 1. The molecule has 0 radical (unpaired) electrons. The number of alkyl halides is 3. The van der Waals surface area contributed by atoms with Gasteiger partial charge in [0.25, 0.3) is 0 Å². The molecule has 0 N–H and O–H groups in total. The van der Waals surface area contributed by atoms with E-state index in [1.807, 2.05) is 6.92 Å².